The summed E-state index contributed by atoms with van der Waals surface area (Å²) in [4.78, 5) is 38.3. The normalized spacial score (nSPS) is 26.4. The summed E-state index contributed by atoms with van der Waals surface area (Å²) in [6, 6.07) is 12.9. The van der Waals surface area contributed by atoms with E-state index < -0.39 is 24.3 Å². The van der Waals surface area contributed by atoms with Crippen molar-refractivity contribution in [2.24, 2.45) is 0 Å². The van der Waals surface area contributed by atoms with E-state index in [4.69, 9.17) is 9.47 Å². The Hall–Kier alpha value is -3.25. The number of ketones is 2. The highest BCUT2D eigenvalue weighted by atomic mass is 16.6. The summed E-state index contributed by atoms with van der Waals surface area (Å²) >= 11 is 0. The van der Waals surface area contributed by atoms with E-state index >= 15 is 0 Å². The molecule has 27 heavy (non-hydrogen) atoms. The van der Waals surface area contributed by atoms with Gasteiger partial charge in [0.15, 0.2) is 17.7 Å². The minimum atomic E-state index is -0.870. The molecular formula is C21H14O6. The van der Waals surface area contributed by atoms with Crippen molar-refractivity contribution < 1.29 is 29.0 Å². The largest absolute Gasteiger partial charge is 0.508 e. The van der Waals surface area contributed by atoms with E-state index in [2.05, 4.69) is 0 Å². The molecule has 0 saturated carbocycles. The van der Waals surface area contributed by atoms with Crippen molar-refractivity contribution in [3.63, 3.8) is 0 Å². The Balaban J connectivity index is 1.73. The Morgan fingerprint density at radius 3 is 2.15 bits per heavy atom. The maximum absolute atomic E-state index is 13.2. The number of phenols is 1. The molecule has 2 aromatic rings. The van der Waals surface area contributed by atoms with E-state index in [1.54, 1.807) is 36.4 Å². The molecule has 3 aliphatic rings. The lowest BCUT2D eigenvalue weighted by Crippen LogP contribution is -2.42. The molecule has 0 spiro atoms. The van der Waals surface area contributed by atoms with Gasteiger partial charge in [-0.3, -0.25) is 14.4 Å². The van der Waals surface area contributed by atoms with Crippen LogP contribution in [0.3, 0.4) is 0 Å². The summed E-state index contributed by atoms with van der Waals surface area (Å²) in [5, 5.41) is 9.56. The Morgan fingerprint density at radius 1 is 0.852 bits per heavy atom. The fourth-order valence-corrected chi connectivity index (χ4v) is 4.00. The molecule has 2 heterocycles. The molecule has 0 unspecified atom stereocenters. The second kappa shape index (κ2) is 5.62. The van der Waals surface area contributed by atoms with Gasteiger partial charge < -0.3 is 14.6 Å². The highest BCUT2D eigenvalue weighted by Crippen LogP contribution is 2.46. The summed E-state index contributed by atoms with van der Waals surface area (Å²) < 4.78 is 11.4. The molecule has 0 aromatic heterocycles. The first-order valence-electron chi connectivity index (χ1n) is 8.61. The van der Waals surface area contributed by atoms with Gasteiger partial charge in [0.05, 0.1) is 12.0 Å². The zero-order chi connectivity index (χ0) is 18.7. The lowest BCUT2D eigenvalue weighted by atomic mass is 9.76. The zero-order valence-corrected chi connectivity index (χ0v) is 14.0. The average Bonchev–Trinajstić information content (AvgIpc) is 3.05. The van der Waals surface area contributed by atoms with Gasteiger partial charge in [0, 0.05) is 16.7 Å². The molecule has 0 amide bonds. The summed E-state index contributed by atoms with van der Waals surface area (Å²) in [6.45, 7) is 0. The number of hydrogen-bond donors (Lipinski definition) is 1. The van der Waals surface area contributed by atoms with Crippen molar-refractivity contribution >= 4 is 17.5 Å². The van der Waals surface area contributed by atoms with Gasteiger partial charge in [-0.25, -0.2) is 0 Å². The summed E-state index contributed by atoms with van der Waals surface area (Å²) in [6.07, 6.45) is -2.28. The van der Waals surface area contributed by atoms with Gasteiger partial charge in [-0.05, 0) is 17.7 Å². The van der Waals surface area contributed by atoms with Crippen LogP contribution in [0.1, 0.15) is 38.8 Å². The number of phenolic OH excluding ortho intramolecular Hbond substituents is 1. The van der Waals surface area contributed by atoms with Crippen LogP contribution in [-0.4, -0.2) is 34.9 Å². The molecule has 2 aliphatic heterocycles. The number of rotatable bonds is 1. The maximum Gasteiger partial charge on any atom is 0.309 e. The van der Waals surface area contributed by atoms with Gasteiger partial charge in [0.1, 0.15) is 18.0 Å². The molecule has 1 saturated heterocycles. The van der Waals surface area contributed by atoms with Crippen LogP contribution in [0.5, 0.6) is 5.75 Å². The molecule has 1 fully saturated rings. The number of hydrogen-bond acceptors (Lipinski definition) is 6. The molecule has 3 atom stereocenters. The SMILES string of the molecule is O=C1C[C@H]2O[C@@H](c3ccc(O)cc3)C3=C(C(=O)c4ccccc4C3=O)[C@H]2O1. The molecule has 0 radical (unpaired) electrons. The Kier molecular flexibility index (Phi) is 3.32. The van der Waals surface area contributed by atoms with E-state index in [9.17, 15) is 19.5 Å². The zero-order valence-electron chi connectivity index (χ0n) is 14.0. The predicted molar refractivity (Wildman–Crippen MR) is 92.3 cm³/mol. The lowest BCUT2D eigenvalue weighted by Gasteiger charge is -2.36. The fourth-order valence-electron chi connectivity index (χ4n) is 4.00. The summed E-state index contributed by atoms with van der Waals surface area (Å²) in [5.74, 6) is -0.989. The third-order valence-electron chi connectivity index (χ3n) is 5.21. The Labute approximate surface area is 154 Å². The number of ether oxygens (including phenoxy) is 2. The Bertz CT molecular complexity index is 1030. The van der Waals surface area contributed by atoms with Crippen LogP contribution in [0, 0.1) is 0 Å². The van der Waals surface area contributed by atoms with Crippen molar-refractivity contribution in [1.29, 1.82) is 0 Å². The molecular weight excluding hydrogens is 348 g/mol. The Morgan fingerprint density at radius 2 is 1.48 bits per heavy atom. The first-order chi connectivity index (χ1) is 13.0. The molecule has 2 aromatic carbocycles. The number of fused-ring (bicyclic) bond motifs is 3. The van der Waals surface area contributed by atoms with Crippen LogP contribution in [0.25, 0.3) is 0 Å². The number of carbonyl (C=O) groups is 3. The smallest absolute Gasteiger partial charge is 0.309 e. The van der Waals surface area contributed by atoms with E-state index in [0.717, 1.165) is 0 Å². The van der Waals surface area contributed by atoms with Gasteiger partial charge in [-0.1, -0.05) is 36.4 Å². The highest BCUT2D eigenvalue weighted by molar-refractivity contribution is 6.28. The third kappa shape index (κ3) is 2.27. The third-order valence-corrected chi connectivity index (χ3v) is 5.21. The van der Waals surface area contributed by atoms with Crippen LogP contribution < -0.4 is 0 Å². The molecule has 134 valence electrons. The molecule has 6 nitrogen and oxygen atoms in total. The van der Waals surface area contributed by atoms with Crippen LogP contribution >= 0.6 is 0 Å². The van der Waals surface area contributed by atoms with E-state index in [1.807, 2.05) is 0 Å². The second-order valence-electron chi connectivity index (χ2n) is 6.79. The first kappa shape index (κ1) is 16.0. The van der Waals surface area contributed by atoms with Crippen molar-refractivity contribution in [2.45, 2.75) is 24.7 Å². The van der Waals surface area contributed by atoms with Crippen molar-refractivity contribution in [2.75, 3.05) is 0 Å². The monoisotopic (exact) mass is 362 g/mol. The van der Waals surface area contributed by atoms with Crippen molar-refractivity contribution in [3.8, 4) is 5.75 Å². The predicted octanol–water partition coefficient (Wildman–Crippen LogP) is 2.52. The number of esters is 1. The molecule has 5 rings (SSSR count). The molecule has 1 aliphatic carbocycles. The van der Waals surface area contributed by atoms with Gasteiger partial charge >= 0.3 is 5.97 Å². The van der Waals surface area contributed by atoms with Gasteiger partial charge in [-0.2, -0.15) is 0 Å². The van der Waals surface area contributed by atoms with Gasteiger partial charge in [0.25, 0.3) is 0 Å². The fraction of sp³-hybridized carbons (Fsp3) is 0.190. The van der Waals surface area contributed by atoms with E-state index in [1.165, 1.54) is 12.1 Å². The van der Waals surface area contributed by atoms with E-state index in [0.29, 0.717) is 16.7 Å². The number of Topliss-reactive ketones (excluding diaryl/α,β-unsaturated/α-hetero) is 2. The molecule has 0 bridgehead atoms. The average molecular weight is 362 g/mol. The number of carbonyl (C=O) groups excluding carboxylic acids is 3. The number of benzene rings is 2. The lowest BCUT2D eigenvalue weighted by molar-refractivity contribution is -0.140. The number of aromatic hydroxyl groups is 1. The van der Waals surface area contributed by atoms with Crippen LogP contribution in [0.4, 0.5) is 0 Å². The molecule has 1 N–H and O–H groups in total. The topological polar surface area (TPSA) is 89.9 Å². The van der Waals surface area contributed by atoms with Crippen molar-refractivity contribution in [3.05, 3.63) is 76.4 Å². The van der Waals surface area contributed by atoms with Crippen LogP contribution in [-0.2, 0) is 14.3 Å². The maximum atomic E-state index is 13.2. The first-order valence-corrected chi connectivity index (χ1v) is 8.61. The minimum Gasteiger partial charge on any atom is -0.508 e. The van der Waals surface area contributed by atoms with E-state index in [-0.39, 0.29) is 34.9 Å². The second-order valence-corrected chi connectivity index (χ2v) is 6.79. The quantitative estimate of drug-likeness (QED) is 0.784. The molecule has 6 heteroatoms. The minimum absolute atomic E-state index is 0.0269. The highest BCUT2D eigenvalue weighted by Gasteiger charge is 2.52. The standard InChI is InChI=1S/C21H14O6/c22-11-7-5-10(6-8-11)20-16-17(21-14(26-20)9-15(23)27-21)19(25)13-4-2-1-3-12(13)18(16)24/h1-8,14,20-22H,9H2/t14-,20+,21+/m1/s1. The summed E-state index contributed by atoms with van der Waals surface area (Å²) in [7, 11) is 0. The van der Waals surface area contributed by atoms with Gasteiger partial charge in [-0.15, -0.1) is 0 Å². The van der Waals surface area contributed by atoms with Crippen molar-refractivity contribution in [1.82, 2.24) is 0 Å². The van der Waals surface area contributed by atoms with Crippen LogP contribution in [0.15, 0.2) is 59.7 Å². The van der Waals surface area contributed by atoms with Gasteiger partial charge in [0.2, 0.25) is 0 Å². The summed E-state index contributed by atoms with van der Waals surface area (Å²) in [5.41, 5.74) is 1.67. The van der Waals surface area contributed by atoms with Crippen LogP contribution in [0.2, 0.25) is 0 Å².